The van der Waals surface area contributed by atoms with Gasteiger partial charge in [0.25, 0.3) is 0 Å². The first-order valence-corrected chi connectivity index (χ1v) is 10.0. The highest BCUT2D eigenvalue weighted by Gasteiger charge is 2.33. The summed E-state index contributed by atoms with van der Waals surface area (Å²) in [6.45, 7) is 6.70. The van der Waals surface area contributed by atoms with Gasteiger partial charge < -0.3 is 10.6 Å². The van der Waals surface area contributed by atoms with Gasteiger partial charge in [-0.1, -0.05) is 6.07 Å². The summed E-state index contributed by atoms with van der Waals surface area (Å²) in [5.41, 5.74) is -1.26. The maximum Gasteiger partial charge on any atom is 0.416 e. The van der Waals surface area contributed by atoms with E-state index in [0.717, 1.165) is 12.1 Å². The Labute approximate surface area is 157 Å². The third-order valence-electron chi connectivity index (χ3n) is 3.73. The monoisotopic (exact) mass is 411 g/mol. The van der Waals surface area contributed by atoms with Crippen LogP contribution in [0.15, 0.2) is 23.2 Å². The van der Waals surface area contributed by atoms with Gasteiger partial charge >= 0.3 is 6.18 Å². The first-order valence-electron chi connectivity index (χ1n) is 8.38. The highest BCUT2D eigenvalue weighted by Crippen LogP contribution is 2.32. The predicted molar refractivity (Wildman–Crippen MR) is 97.8 cm³/mol. The van der Waals surface area contributed by atoms with E-state index in [4.69, 9.17) is 0 Å². The molecule has 0 radical (unpaired) electrons. The molecule has 0 heterocycles. The largest absolute Gasteiger partial charge is 0.416 e. The minimum absolute atomic E-state index is 0.0565. The number of sulfone groups is 1. The van der Waals surface area contributed by atoms with Crippen molar-refractivity contribution in [1.82, 2.24) is 10.6 Å². The molecule has 5 nitrogen and oxygen atoms in total. The first kappa shape index (κ1) is 23.2. The smallest absolute Gasteiger partial charge is 0.357 e. The molecule has 0 aliphatic heterocycles. The Hall–Kier alpha value is -1.84. The first-order chi connectivity index (χ1) is 12.3. The number of alkyl halides is 3. The highest BCUT2D eigenvalue weighted by atomic mass is 32.2. The van der Waals surface area contributed by atoms with Gasteiger partial charge in [0.1, 0.15) is 5.82 Å². The van der Waals surface area contributed by atoms with E-state index in [2.05, 4.69) is 15.6 Å². The molecule has 0 fully saturated rings. The topological polar surface area (TPSA) is 70.6 Å². The average molecular weight is 411 g/mol. The van der Waals surface area contributed by atoms with E-state index in [1.165, 1.54) is 0 Å². The molecule has 2 N–H and O–H groups in total. The summed E-state index contributed by atoms with van der Waals surface area (Å²) in [5.74, 6) is -0.947. The van der Waals surface area contributed by atoms with Gasteiger partial charge in [-0.2, -0.15) is 13.2 Å². The minimum atomic E-state index is -4.69. The molecule has 0 amide bonds. The standard InChI is InChI=1S/C17H25F4N3O2S/c1-5-22-15(23-8-9-27(25,26)16(2,3)4)24-11-12-6-7-13(18)10-14(12)17(19,20)21/h6-7,10H,5,8-9,11H2,1-4H3,(H2,22,23,24). The number of guanidine groups is 1. The van der Waals surface area contributed by atoms with Gasteiger partial charge in [-0.25, -0.2) is 17.8 Å². The van der Waals surface area contributed by atoms with Crippen molar-refractivity contribution in [2.45, 2.75) is 45.2 Å². The van der Waals surface area contributed by atoms with Gasteiger partial charge in [-0.05, 0) is 45.4 Å². The molecular weight excluding hydrogens is 386 g/mol. The van der Waals surface area contributed by atoms with E-state index in [0.29, 0.717) is 12.6 Å². The molecule has 0 bridgehead atoms. The minimum Gasteiger partial charge on any atom is -0.357 e. The van der Waals surface area contributed by atoms with E-state index in [-0.39, 0.29) is 30.4 Å². The van der Waals surface area contributed by atoms with Crippen LogP contribution in [0.4, 0.5) is 17.6 Å². The van der Waals surface area contributed by atoms with Gasteiger partial charge in [0.15, 0.2) is 15.8 Å². The van der Waals surface area contributed by atoms with E-state index in [9.17, 15) is 26.0 Å². The number of hydrogen-bond acceptors (Lipinski definition) is 3. The fourth-order valence-electron chi connectivity index (χ4n) is 2.07. The predicted octanol–water partition coefficient (Wildman–Crippen LogP) is 3.11. The van der Waals surface area contributed by atoms with Crippen molar-refractivity contribution in [3.8, 4) is 0 Å². The lowest BCUT2D eigenvalue weighted by molar-refractivity contribution is -0.138. The molecular formula is C17H25F4N3O2S. The van der Waals surface area contributed by atoms with Gasteiger partial charge in [0.2, 0.25) is 0 Å². The summed E-state index contributed by atoms with van der Waals surface area (Å²) in [6.07, 6.45) is -4.69. The van der Waals surface area contributed by atoms with E-state index < -0.39 is 32.1 Å². The molecule has 0 spiro atoms. The van der Waals surface area contributed by atoms with Crippen LogP contribution in [0.5, 0.6) is 0 Å². The molecule has 0 saturated heterocycles. The molecule has 0 aliphatic rings. The zero-order valence-corrected chi connectivity index (χ0v) is 16.6. The zero-order chi connectivity index (χ0) is 20.9. The lowest BCUT2D eigenvalue weighted by Gasteiger charge is -2.20. The molecule has 1 aromatic carbocycles. The maximum atomic E-state index is 13.2. The van der Waals surface area contributed by atoms with Crippen LogP contribution in [-0.4, -0.2) is 38.0 Å². The summed E-state index contributed by atoms with van der Waals surface area (Å²) in [5, 5.41) is 5.63. The Kier molecular flexibility index (Phi) is 7.65. The molecule has 10 heteroatoms. The number of rotatable bonds is 6. The number of benzene rings is 1. The molecule has 1 rings (SSSR count). The fraction of sp³-hybridized carbons (Fsp3) is 0.588. The van der Waals surface area contributed by atoms with Crippen LogP contribution in [0.2, 0.25) is 0 Å². The van der Waals surface area contributed by atoms with Gasteiger partial charge in [0, 0.05) is 13.1 Å². The molecule has 0 aliphatic carbocycles. The Bertz CT molecular complexity index is 769. The van der Waals surface area contributed by atoms with Crippen molar-refractivity contribution in [3.05, 3.63) is 35.1 Å². The Morgan fingerprint density at radius 1 is 1.15 bits per heavy atom. The van der Waals surface area contributed by atoms with Crippen molar-refractivity contribution in [1.29, 1.82) is 0 Å². The van der Waals surface area contributed by atoms with Crippen molar-refractivity contribution in [2.75, 3.05) is 18.8 Å². The number of nitrogens with one attached hydrogen (secondary N) is 2. The molecule has 0 atom stereocenters. The second kappa shape index (κ2) is 8.90. The van der Waals surface area contributed by atoms with Crippen LogP contribution >= 0.6 is 0 Å². The normalized spacial score (nSPS) is 13.6. The average Bonchev–Trinajstić information content (AvgIpc) is 2.51. The molecule has 1 aromatic rings. The van der Waals surface area contributed by atoms with Crippen molar-refractivity contribution in [3.63, 3.8) is 0 Å². The Balaban J connectivity index is 2.90. The molecule has 0 aromatic heterocycles. The zero-order valence-electron chi connectivity index (χ0n) is 15.7. The van der Waals surface area contributed by atoms with Crippen LogP contribution in [0.3, 0.4) is 0 Å². The maximum absolute atomic E-state index is 13.2. The van der Waals surface area contributed by atoms with Crippen molar-refractivity contribution in [2.24, 2.45) is 4.99 Å². The Morgan fingerprint density at radius 3 is 2.30 bits per heavy atom. The van der Waals surface area contributed by atoms with Gasteiger partial charge in [-0.15, -0.1) is 0 Å². The molecule has 27 heavy (non-hydrogen) atoms. The van der Waals surface area contributed by atoms with E-state index >= 15 is 0 Å². The summed E-state index contributed by atoms with van der Waals surface area (Å²) < 4.78 is 75.5. The van der Waals surface area contributed by atoms with Crippen molar-refractivity contribution < 1.29 is 26.0 Å². The second-order valence-corrected chi connectivity index (χ2v) is 9.71. The van der Waals surface area contributed by atoms with E-state index in [1.54, 1.807) is 27.7 Å². The fourth-order valence-corrected chi connectivity index (χ4v) is 3.05. The third-order valence-corrected chi connectivity index (χ3v) is 6.33. The van der Waals surface area contributed by atoms with Crippen LogP contribution in [-0.2, 0) is 22.6 Å². The second-order valence-electron chi connectivity index (χ2n) is 6.85. The number of halogens is 4. The summed E-state index contributed by atoms with van der Waals surface area (Å²) >= 11 is 0. The molecule has 154 valence electrons. The van der Waals surface area contributed by atoms with Crippen LogP contribution < -0.4 is 10.6 Å². The van der Waals surface area contributed by atoms with Crippen LogP contribution in [0.1, 0.15) is 38.8 Å². The lowest BCUT2D eigenvalue weighted by Crippen LogP contribution is -2.41. The van der Waals surface area contributed by atoms with Gasteiger partial charge in [-0.3, -0.25) is 0 Å². The number of aliphatic imine (C=N–C) groups is 1. The number of nitrogens with zero attached hydrogens (tertiary/aromatic N) is 1. The summed E-state index contributed by atoms with van der Waals surface area (Å²) in [7, 11) is -3.34. The summed E-state index contributed by atoms with van der Waals surface area (Å²) in [4.78, 5) is 4.05. The van der Waals surface area contributed by atoms with Crippen LogP contribution in [0, 0.1) is 5.82 Å². The quantitative estimate of drug-likeness (QED) is 0.429. The highest BCUT2D eigenvalue weighted by molar-refractivity contribution is 7.92. The summed E-state index contributed by atoms with van der Waals surface area (Å²) in [6, 6.07) is 2.41. The molecule has 0 unspecified atom stereocenters. The SMILES string of the molecule is CCNC(=NCc1ccc(F)cc1C(F)(F)F)NCCS(=O)(=O)C(C)(C)C. The molecule has 0 saturated carbocycles. The Morgan fingerprint density at radius 2 is 1.78 bits per heavy atom. The lowest BCUT2D eigenvalue weighted by atomic mass is 10.1. The van der Waals surface area contributed by atoms with Crippen molar-refractivity contribution >= 4 is 15.8 Å². The van der Waals surface area contributed by atoms with Gasteiger partial charge in [0.05, 0.1) is 22.6 Å². The van der Waals surface area contributed by atoms with Crippen LogP contribution in [0.25, 0.3) is 0 Å². The third kappa shape index (κ3) is 7.00. The number of hydrogen-bond donors (Lipinski definition) is 2. The van der Waals surface area contributed by atoms with E-state index in [1.807, 2.05) is 0 Å².